The van der Waals surface area contributed by atoms with Crippen LogP contribution >= 0.6 is 0 Å². The molecule has 128 valence electrons. The SMILES string of the molecule is CCC(C(=O)NCCc1ccc(-n2cccn2)cc1)c1ccccc1. The van der Waals surface area contributed by atoms with E-state index >= 15 is 0 Å². The van der Waals surface area contributed by atoms with Crippen LogP contribution in [0.15, 0.2) is 73.1 Å². The van der Waals surface area contributed by atoms with Gasteiger partial charge in [0.2, 0.25) is 5.91 Å². The Labute approximate surface area is 148 Å². The molecule has 4 nitrogen and oxygen atoms in total. The number of hydrogen-bond donors (Lipinski definition) is 1. The highest BCUT2D eigenvalue weighted by atomic mass is 16.1. The molecule has 2 aromatic carbocycles. The first-order valence-electron chi connectivity index (χ1n) is 8.69. The fraction of sp³-hybridized carbons (Fsp3) is 0.238. The summed E-state index contributed by atoms with van der Waals surface area (Å²) in [6, 6.07) is 20.1. The van der Waals surface area contributed by atoms with Crippen LogP contribution < -0.4 is 5.32 Å². The molecular weight excluding hydrogens is 310 g/mol. The minimum absolute atomic E-state index is 0.0802. The van der Waals surface area contributed by atoms with Crippen molar-refractivity contribution in [1.82, 2.24) is 15.1 Å². The molecule has 1 unspecified atom stereocenters. The average molecular weight is 333 g/mol. The Morgan fingerprint density at radius 1 is 1.08 bits per heavy atom. The summed E-state index contributed by atoms with van der Waals surface area (Å²) in [5.41, 5.74) is 3.31. The van der Waals surface area contributed by atoms with E-state index in [0.29, 0.717) is 6.54 Å². The first-order chi connectivity index (χ1) is 12.3. The Balaban J connectivity index is 1.53. The van der Waals surface area contributed by atoms with Gasteiger partial charge in [-0.25, -0.2) is 4.68 Å². The van der Waals surface area contributed by atoms with Gasteiger partial charge in [0, 0.05) is 18.9 Å². The van der Waals surface area contributed by atoms with Crippen molar-refractivity contribution < 1.29 is 4.79 Å². The van der Waals surface area contributed by atoms with Gasteiger partial charge in [-0.15, -0.1) is 0 Å². The van der Waals surface area contributed by atoms with E-state index in [1.807, 2.05) is 66.3 Å². The molecule has 3 rings (SSSR count). The van der Waals surface area contributed by atoms with E-state index in [-0.39, 0.29) is 11.8 Å². The summed E-state index contributed by atoms with van der Waals surface area (Å²) in [5.74, 6) is 0.0188. The number of hydrogen-bond acceptors (Lipinski definition) is 2. The zero-order chi connectivity index (χ0) is 17.5. The molecule has 3 aromatic rings. The molecule has 25 heavy (non-hydrogen) atoms. The Kier molecular flexibility index (Phi) is 5.62. The van der Waals surface area contributed by atoms with Crippen molar-refractivity contribution in [3.63, 3.8) is 0 Å². The van der Waals surface area contributed by atoms with Crippen molar-refractivity contribution >= 4 is 5.91 Å². The van der Waals surface area contributed by atoms with E-state index < -0.39 is 0 Å². The molecule has 0 spiro atoms. The monoisotopic (exact) mass is 333 g/mol. The maximum atomic E-state index is 12.5. The van der Waals surface area contributed by atoms with Crippen LogP contribution in [0.2, 0.25) is 0 Å². The number of carbonyl (C=O) groups is 1. The largest absolute Gasteiger partial charge is 0.355 e. The third-order valence-corrected chi connectivity index (χ3v) is 4.34. The summed E-state index contributed by atoms with van der Waals surface area (Å²) in [4.78, 5) is 12.5. The van der Waals surface area contributed by atoms with Crippen molar-refractivity contribution in [2.45, 2.75) is 25.7 Å². The van der Waals surface area contributed by atoms with E-state index in [4.69, 9.17) is 0 Å². The summed E-state index contributed by atoms with van der Waals surface area (Å²) in [6.45, 7) is 2.69. The fourth-order valence-electron chi connectivity index (χ4n) is 2.95. The quantitative estimate of drug-likeness (QED) is 0.716. The van der Waals surface area contributed by atoms with E-state index in [0.717, 1.165) is 24.1 Å². The van der Waals surface area contributed by atoms with Gasteiger partial charge in [0.25, 0.3) is 0 Å². The maximum absolute atomic E-state index is 12.5. The topological polar surface area (TPSA) is 46.9 Å². The first-order valence-corrected chi connectivity index (χ1v) is 8.69. The van der Waals surface area contributed by atoms with Crippen LogP contribution in [-0.4, -0.2) is 22.2 Å². The number of nitrogens with one attached hydrogen (secondary N) is 1. The number of amides is 1. The molecule has 1 atom stereocenters. The van der Waals surface area contributed by atoms with Gasteiger partial charge in [-0.05, 0) is 42.2 Å². The van der Waals surface area contributed by atoms with Crippen molar-refractivity contribution in [2.75, 3.05) is 6.54 Å². The second kappa shape index (κ2) is 8.29. The first kappa shape index (κ1) is 17.0. The normalized spacial score (nSPS) is 11.9. The molecule has 1 amide bonds. The van der Waals surface area contributed by atoms with Gasteiger partial charge in [-0.3, -0.25) is 4.79 Å². The third kappa shape index (κ3) is 4.35. The Hall–Kier alpha value is -2.88. The predicted molar refractivity (Wildman–Crippen MR) is 99.8 cm³/mol. The second-order valence-corrected chi connectivity index (χ2v) is 6.03. The van der Waals surface area contributed by atoms with Gasteiger partial charge < -0.3 is 5.32 Å². The van der Waals surface area contributed by atoms with Gasteiger partial charge in [0.1, 0.15) is 0 Å². The molecule has 0 saturated carbocycles. The minimum Gasteiger partial charge on any atom is -0.355 e. The summed E-state index contributed by atoms with van der Waals surface area (Å²) >= 11 is 0. The number of rotatable bonds is 7. The highest BCUT2D eigenvalue weighted by Crippen LogP contribution is 2.19. The van der Waals surface area contributed by atoms with Crippen LogP contribution in [0.1, 0.15) is 30.4 Å². The Bertz CT molecular complexity index is 780. The summed E-state index contributed by atoms with van der Waals surface area (Å²) in [6.07, 6.45) is 5.30. The summed E-state index contributed by atoms with van der Waals surface area (Å²) in [5, 5.41) is 7.29. The second-order valence-electron chi connectivity index (χ2n) is 6.03. The minimum atomic E-state index is -0.0802. The van der Waals surface area contributed by atoms with Crippen molar-refractivity contribution in [1.29, 1.82) is 0 Å². The molecule has 4 heteroatoms. The molecule has 0 aliphatic rings. The van der Waals surface area contributed by atoms with Gasteiger partial charge in [-0.1, -0.05) is 49.4 Å². The van der Waals surface area contributed by atoms with Crippen LogP contribution in [0.25, 0.3) is 5.69 Å². The zero-order valence-electron chi connectivity index (χ0n) is 14.4. The van der Waals surface area contributed by atoms with E-state index in [2.05, 4.69) is 22.5 Å². The number of aromatic nitrogens is 2. The van der Waals surface area contributed by atoms with Gasteiger partial charge in [-0.2, -0.15) is 5.10 Å². The lowest BCUT2D eigenvalue weighted by Gasteiger charge is -2.15. The van der Waals surface area contributed by atoms with Crippen molar-refractivity contribution in [3.8, 4) is 5.69 Å². The maximum Gasteiger partial charge on any atom is 0.227 e. The van der Waals surface area contributed by atoms with Crippen LogP contribution in [-0.2, 0) is 11.2 Å². The standard InChI is InChI=1S/C21H23N3O/c1-2-20(18-7-4-3-5-8-18)21(25)22-15-13-17-9-11-19(12-10-17)24-16-6-14-23-24/h3-12,14,16,20H,2,13,15H2,1H3,(H,22,25). The smallest absolute Gasteiger partial charge is 0.227 e. The highest BCUT2D eigenvalue weighted by molar-refractivity contribution is 5.83. The molecular formula is C21H23N3O. The van der Waals surface area contributed by atoms with Crippen LogP contribution in [0, 0.1) is 0 Å². The van der Waals surface area contributed by atoms with Crippen molar-refractivity contribution in [2.24, 2.45) is 0 Å². The predicted octanol–water partition coefficient (Wildman–Crippen LogP) is 3.72. The molecule has 1 aromatic heterocycles. The molecule has 1 N–H and O–H groups in total. The van der Waals surface area contributed by atoms with Crippen LogP contribution in [0.3, 0.4) is 0 Å². The van der Waals surface area contributed by atoms with Crippen LogP contribution in [0.4, 0.5) is 0 Å². The number of nitrogens with zero attached hydrogens (tertiary/aromatic N) is 2. The third-order valence-electron chi connectivity index (χ3n) is 4.34. The Morgan fingerprint density at radius 2 is 1.84 bits per heavy atom. The molecule has 0 fully saturated rings. The van der Waals surface area contributed by atoms with Crippen LogP contribution in [0.5, 0.6) is 0 Å². The molecule has 0 aliphatic carbocycles. The van der Waals surface area contributed by atoms with Crippen molar-refractivity contribution in [3.05, 3.63) is 84.2 Å². The zero-order valence-corrected chi connectivity index (χ0v) is 14.4. The highest BCUT2D eigenvalue weighted by Gasteiger charge is 2.17. The fourth-order valence-corrected chi connectivity index (χ4v) is 2.95. The number of benzene rings is 2. The number of carbonyl (C=O) groups excluding carboxylic acids is 1. The lowest BCUT2D eigenvalue weighted by atomic mass is 9.95. The van der Waals surface area contributed by atoms with Gasteiger partial charge in [0.05, 0.1) is 11.6 Å². The molecule has 0 bridgehead atoms. The van der Waals surface area contributed by atoms with Gasteiger partial charge in [0.15, 0.2) is 0 Å². The molecule has 0 aliphatic heterocycles. The average Bonchev–Trinajstić information content (AvgIpc) is 3.18. The molecule has 0 saturated heterocycles. The lowest BCUT2D eigenvalue weighted by Crippen LogP contribution is -2.30. The van der Waals surface area contributed by atoms with Gasteiger partial charge >= 0.3 is 0 Å². The lowest BCUT2D eigenvalue weighted by molar-refractivity contribution is -0.122. The van der Waals surface area contributed by atoms with E-state index in [9.17, 15) is 4.79 Å². The Morgan fingerprint density at radius 3 is 2.48 bits per heavy atom. The molecule has 0 radical (unpaired) electrons. The summed E-state index contributed by atoms with van der Waals surface area (Å²) < 4.78 is 1.83. The summed E-state index contributed by atoms with van der Waals surface area (Å²) in [7, 11) is 0. The van der Waals surface area contributed by atoms with E-state index in [1.165, 1.54) is 5.56 Å². The van der Waals surface area contributed by atoms with E-state index in [1.54, 1.807) is 6.20 Å². The molecule has 1 heterocycles.